The summed E-state index contributed by atoms with van der Waals surface area (Å²) >= 11 is 0. The second-order valence-electron chi connectivity index (χ2n) is 5.61. The third kappa shape index (κ3) is 4.60. The lowest BCUT2D eigenvalue weighted by Crippen LogP contribution is -2.13. The number of alkyl halides is 2. The first-order valence-electron chi connectivity index (χ1n) is 8.02. The number of anilines is 3. The topological polar surface area (TPSA) is 143 Å². The van der Waals surface area contributed by atoms with Gasteiger partial charge in [0.15, 0.2) is 23.1 Å². The molecule has 0 saturated carbocycles. The van der Waals surface area contributed by atoms with Gasteiger partial charge in [-0.2, -0.15) is 13.9 Å². The summed E-state index contributed by atoms with van der Waals surface area (Å²) in [6, 6.07) is 10.5. The van der Waals surface area contributed by atoms with Gasteiger partial charge in [0.25, 0.3) is 5.91 Å². The lowest BCUT2D eigenvalue weighted by molar-refractivity contribution is 0.0995. The lowest BCUT2D eigenvalue weighted by atomic mass is 10.1. The van der Waals surface area contributed by atoms with E-state index in [2.05, 4.69) is 25.2 Å². The average Bonchev–Trinajstić information content (AvgIpc) is 3.11. The summed E-state index contributed by atoms with van der Waals surface area (Å²) in [5.74, 6) is -3.28. The Morgan fingerprint density at radius 2 is 1.93 bits per heavy atom. The van der Waals surface area contributed by atoms with Gasteiger partial charge in [0, 0.05) is 11.3 Å². The van der Waals surface area contributed by atoms with Crippen LogP contribution >= 0.6 is 0 Å². The second-order valence-corrected chi connectivity index (χ2v) is 6.77. The fourth-order valence-corrected chi connectivity index (χ4v) is 2.87. The molecule has 0 aliphatic carbocycles. The molecule has 0 radical (unpaired) electrons. The van der Waals surface area contributed by atoms with E-state index in [0.717, 1.165) is 0 Å². The number of nitrogens with two attached hydrogens (primary N) is 1. The van der Waals surface area contributed by atoms with Crippen LogP contribution in [0.1, 0.15) is 20.8 Å². The molecule has 2 aromatic heterocycles. The molecule has 150 valence electrons. The van der Waals surface area contributed by atoms with Gasteiger partial charge in [0.2, 0.25) is 0 Å². The number of aromatic nitrogens is 3. The first kappa shape index (κ1) is 20.1. The van der Waals surface area contributed by atoms with Crippen molar-refractivity contribution in [3.8, 4) is 11.3 Å². The molecule has 0 fully saturated rings. The summed E-state index contributed by atoms with van der Waals surface area (Å²) < 4.78 is 38.0. The highest BCUT2D eigenvalue weighted by atomic mass is 32.2. The number of H-pyrrole nitrogens is 1. The van der Waals surface area contributed by atoms with Crippen LogP contribution in [0.25, 0.3) is 11.3 Å². The number of halogens is 2. The van der Waals surface area contributed by atoms with Gasteiger partial charge in [-0.15, -0.1) is 0 Å². The molecule has 5 N–H and O–H groups in total. The molecule has 0 bridgehead atoms. The number of carbonyl (C=O) groups is 2. The largest absolute Gasteiger partial charge is 0.364 e. The Morgan fingerprint density at radius 1 is 1.21 bits per heavy atom. The SMILES string of the molecule is NC(=O)c1cccc(Nc2n[nH]c(-c3ccc(NS(=O)C(F)F)cc3)c2C=O)n1. The molecule has 29 heavy (non-hydrogen) atoms. The van der Waals surface area contributed by atoms with Crippen LogP contribution in [0, 0.1) is 0 Å². The third-order valence-corrected chi connectivity index (χ3v) is 4.48. The highest BCUT2D eigenvalue weighted by molar-refractivity contribution is 7.86. The number of pyridine rings is 1. The van der Waals surface area contributed by atoms with Crippen LogP contribution in [0.15, 0.2) is 42.5 Å². The molecule has 12 heteroatoms. The Morgan fingerprint density at radius 3 is 2.55 bits per heavy atom. The zero-order valence-corrected chi connectivity index (χ0v) is 15.4. The molecule has 0 saturated heterocycles. The Bertz CT molecular complexity index is 1070. The average molecular weight is 420 g/mol. The normalized spacial score (nSPS) is 11.8. The number of aromatic amines is 1. The number of primary amides is 1. The number of nitrogens with zero attached hydrogens (tertiary/aromatic N) is 2. The van der Waals surface area contributed by atoms with E-state index in [1.165, 1.54) is 18.2 Å². The predicted molar refractivity (Wildman–Crippen MR) is 103 cm³/mol. The smallest absolute Gasteiger partial charge is 0.330 e. The van der Waals surface area contributed by atoms with Gasteiger partial charge in [-0.3, -0.25) is 14.7 Å². The Labute approximate surface area is 165 Å². The summed E-state index contributed by atoms with van der Waals surface area (Å²) in [6.07, 6.45) is 0.580. The monoisotopic (exact) mass is 420 g/mol. The Hall–Kier alpha value is -3.67. The molecule has 3 rings (SSSR count). The van der Waals surface area contributed by atoms with Gasteiger partial charge in [-0.1, -0.05) is 18.2 Å². The minimum atomic E-state index is -3.01. The predicted octanol–water partition coefficient (Wildman–Crippen LogP) is 2.42. The van der Waals surface area contributed by atoms with Gasteiger partial charge >= 0.3 is 5.76 Å². The standard InChI is InChI=1S/C17H14F2N6O3S/c18-17(19)29(28)25-10-6-4-9(5-7-10)14-11(8-26)16(24-23-14)22-13-3-1-2-12(21-13)15(20)27/h1-8,17,25H,(H2,20,27)(H2,21,22,23,24). The number of nitrogens with one attached hydrogen (secondary N) is 3. The summed E-state index contributed by atoms with van der Waals surface area (Å²) in [5, 5.41) is 9.58. The Kier molecular flexibility index (Phi) is 5.93. The molecule has 0 spiro atoms. The van der Waals surface area contributed by atoms with Crippen molar-refractivity contribution in [2.75, 3.05) is 10.0 Å². The summed E-state index contributed by atoms with van der Waals surface area (Å²) in [4.78, 5) is 26.9. The molecule has 0 aliphatic heterocycles. The molecule has 2 heterocycles. The van der Waals surface area contributed by atoms with Crippen molar-refractivity contribution in [2.24, 2.45) is 5.73 Å². The third-order valence-electron chi connectivity index (χ3n) is 3.72. The lowest BCUT2D eigenvalue weighted by Gasteiger charge is -2.06. The van der Waals surface area contributed by atoms with E-state index in [0.29, 0.717) is 17.5 Å². The van der Waals surface area contributed by atoms with Gasteiger partial charge in [0.05, 0.1) is 11.3 Å². The van der Waals surface area contributed by atoms with E-state index in [4.69, 9.17) is 5.73 Å². The van der Waals surface area contributed by atoms with Gasteiger partial charge in [-0.25, -0.2) is 9.19 Å². The number of hydrogen-bond acceptors (Lipinski definition) is 6. The van der Waals surface area contributed by atoms with Gasteiger partial charge < -0.3 is 15.8 Å². The number of benzene rings is 1. The maximum absolute atomic E-state index is 12.4. The van der Waals surface area contributed by atoms with Crippen LogP contribution in [-0.4, -0.2) is 37.3 Å². The number of aldehydes is 1. The zero-order valence-electron chi connectivity index (χ0n) is 14.6. The molecular formula is C17H14F2N6O3S. The van der Waals surface area contributed by atoms with Crippen LogP contribution in [-0.2, 0) is 11.0 Å². The van der Waals surface area contributed by atoms with E-state index in [-0.39, 0.29) is 28.6 Å². The quantitative estimate of drug-likeness (QED) is 0.412. The first-order chi connectivity index (χ1) is 13.9. The first-order valence-corrected chi connectivity index (χ1v) is 9.23. The molecule has 0 aliphatic rings. The van der Waals surface area contributed by atoms with Crippen molar-refractivity contribution in [1.82, 2.24) is 15.2 Å². The fourth-order valence-electron chi connectivity index (χ4n) is 2.41. The Balaban J connectivity index is 1.84. The highest BCUT2D eigenvalue weighted by Gasteiger charge is 2.16. The van der Waals surface area contributed by atoms with Gasteiger partial charge in [0.1, 0.15) is 11.5 Å². The molecule has 9 nitrogen and oxygen atoms in total. The van der Waals surface area contributed by atoms with E-state index in [1.54, 1.807) is 24.3 Å². The van der Waals surface area contributed by atoms with Crippen molar-refractivity contribution >= 4 is 40.5 Å². The molecule has 1 amide bonds. The van der Waals surface area contributed by atoms with Crippen molar-refractivity contribution in [3.63, 3.8) is 0 Å². The highest BCUT2D eigenvalue weighted by Crippen LogP contribution is 2.28. The maximum Gasteiger partial charge on any atom is 0.330 e. The molecule has 1 unspecified atom stereocenters. The molecular weight excluding hydrogens is 406 g/mol. The van der Waals surface area contributed by atoms with E-state index >= 15 is 0 Å². The van der Waals surface area contributed by atoms with Crippen LogP contribution in [0.5, 0.6) is 0 Å². The molecule has 1 atom stereocenters. The van der Waals surface area contributed by atoms with Crippen molar-refractivity contribution in [2.45, 2.75) is 5.76 Å². The van der Waals surface area contributed by atoms with Crippen molar-refractivity contribution in [1.29, 1.82) is 0 Å². The summed E-state index contributed by atoms with van der Waals surface area (Å²) in [5.41, 5.74) is 6.57. The van der Waals surface area contributed by atoms with Crippen LogP contribution in [0.2, 0.25) is 0 Å². The number of rotatable bonds is 8. The van der Waals surface area contributed by atoms with Crippen LogP contribution in [0.3, 0.4) is 0 Å². The molecule has 3 aromatic rings. The zero-order chi connectivity index (χ0) is 21.0. The minimum absolute atomic E-state index is 0.0442. The number of amides is 1. The van der Waals surface area contributed by atoms with Crippen molar-refractivity contribution < 1.29 is 22.6 Å². The van der Waals surface area contributed by atoms with Crippen LogP contribution < -0.4 is 15.8 Å². The summed E-state index contributed by atoms with van der Waals surface area (Å²) in [7, 11) is -2.51. The van der Waals surface area contributed by atoms with Crippen LogP contribution in [0.4, 0.5) is 26.1 Å². The van der Waals surface area contributed by atoms with Gasteiger partial charge in [-0.05, 0) is 24.3 Å². The summed E-state index contributed by atoms with van der Waals surface area (Å²) in [6.45, 7) is 0. The number of hydrogen-bond donors (Lipinski definition) is 4. The fraction of sp³-hybridized carbons (Fsp3) is 0.0588. The second kappa shape index (κ2) is 8.56. The maximum atomic E-state index is 12.4. The molecule has 1 aromatic carbocycles. The van der Waals surface area contributed by atoms with Crippen molar-refractivity contribution in [3.05, 3.63) is 53.7 Å². The minimum Gasteiger partial charge on any atom is -0.364 e. The van der Waals surface area contributed by atoms with E-state index in [9.17, 15) is 22.6 Å². The number of carbonyl (C=O) groups excluding carboxylic acids is 2. The van der Waals surface area contributed by atoms with E-state index < -0.39 is 22.7 Å². The van der Waals surface area contributed by atoms with E-state index in [1.807, 2.05) is 0 Å².